The van der Waals surface area contributed by atoms with Gasteiger partial charge in [-0.2, -0.15) is 0 Å². The summed E-state index contributed by atoms with van der Waals surface area (Å²) in [6.45, 7) is 5.08. The number of nitrogens with zero attached hydrogens (tertiary/aromatic N) is 4. The first-order chi connectivity index (χ1) is 13.1. The summed E-state index contributed by atoms with van der Waals surface area (Å²) in [6, 6.07) is 7.50. The summed E-state index contributed by atoms with van der Waals surface area (Å²) < 4.78 is 1.99. The van der Waals surface area contributed by atoms with E-state index in [0.29, 0.717) is 10.8 Å². The second kappa shape index (κ2) is 7.36. The Hall–Kier alpha value is -2.94. The van der Waals surface area contributed by atoms with Crippen molar-refractivity contribution in [2.75, 3.05) is 22.5 Å². The number of benzene rings is 1. The van der Waals surface area contributed by atoms with Gasteiger partial charge in [0.15, 0.2) is 11.0 Å². The van der Waals surface area contributed by atoms with Gasteiger partial charge >= 0.3 is 6.03 Å². The number of thiazole rings is 1. The fourth-order valence-electron chi connectivity index (χ4n) is 2.99. The van der Waals surface area contributed by atoms with Crippen molar-refractivity contribution in [3.05, 3.63) is 35.5 Å². The summed E-state index contributed by atoms with van der Waals surface area (Å²) >= 11 is 1.51. The molecule has 0 spiro atoms. The molecule has 0 unspecified atom stereocenters. The van der Waals surface area contributed by atoms with Gasteiger partial charge in [-0.05, 0) is 38.8 Å². The smallest absolute Gasteiger partial charge is 0.325 e. The van der Waals surface area contributed by atoms with E-state index < -0.39 is 0 Å². The molecule has 4 rings (SSSR count). The summed E-state index contributed by atoms with van der Waals surface area (Å²) in [4.78, 5) is 18.0. The Labute approximate surface area is 161 Å². The number of aromatic nitrogens is 4. The van der Waals surface area contributed by atoms with Gasteiger partial charge in [0.1, 0.15) is 12.1 Å². The average Bonchev–Trinajstić information content (AvgIpc) is 3.28. The van der Waals surface area contributed by atoms with Gasteiger partial charge in [0.25, 0.3) is 0 Å². The van der Waals surface area contributed by atoms with Crippen molar-refractivity contribution >= 4 is 34.0 Å². The molecule has 1 aliphatic heterocycles. The largest absolute Gasteiger partial charge is 0.369 e. The predicted octanol–water partition coefficient (Wildman–Crippen LogP) is 3.98. The number of anilines is 3. The summed E-state index contributed by atoms with van der Waals surface area (Å²) in [5.74, 6) is 1.66. The van der Waals surface area contributed by atoms with Crippen molar-refractivity contribution in [3.63, 3.8) is 0 Å². The van der Waals surface area contributed by atoms with Crippen LogP contribution in [-0.4, -0.2) is 32.3 Å². The monoisotopic (exact) mass is 383 g/mol. The van der Waals surface area contributed by atoms with Gasteiger partial charge in [0.05, 0.1) is 4.88 Å². The van der Waals surface area contributed by atoms with Crippen molar-refractivity contribution in [2.24, 2.45) is 0 Å². The molecule has 0 atom stereocenters. The van der Waals surface area contributed by atoms with Crippen molar-refractivity contribution in [1.29, 1.82) is 0 Å². The molecule has 0 fully saturated rings. The maximum absolute atomic E-state index is 12.4. The molecule has 3 aromatic rings. The first-order valence-corrected chi connectivity index (χ1v) is 9.73. The summed E-state index contributed by atoms with van der Waals surface area (Å²) in [6.07, 6.45) is 3.81. The molecule has 3 heterocycles. The maximum Gasteiger partial charge on any atom is 0.325 e. The molecule has 140 valence electrons. The summed E-state index contributed by atoms with van der Waals surface area (Å²) in [5, 5.41) is 17.7. The van der Waals surface area contributed by atoms with E-state index in [9.17, 15) is 4.79 Å². The highest BCUT2D eigenvalue weighted by Gasteiger charge is 2.16. The zero-order chi connectivity index (χ0) is 18.8. The van der Waals surface area contributed by atoms with Gasteiger partial charge in [0, 0.05) is 23.8 Å². The van der Waals surface area contributed by atoms with Gasteiger partial charge in [-0.1, -0.05) is 23.5 Å². The second-order valence-corrected chi connectivity index (χ2v) is 7.72. The van der Waals surface area contributed by atoms with Crippen LogP contribution in [-0.2, 0) is 6.42 Å². The fraction of sp³-hybridized carbons (Fsp3) is 0.333. The van der Waals surface area contributed by atoms with E-state index in [-0.39, 0.29) is 12.1 Å². The van der Waals surface area contributed by atoms with E-state index in [2.05, 4.69) is 45.0 Å². The minimum absolute atomic E-state index is 0.249. The highest BCUT2D eigenvalue weighted by atomic mass is 32.1. The van der Waals surface area contributed by atoms with Crippen LogP contribution in [0.25, 0.3) is 11.4 Å². The van der Waals surface area contributed by atoms with Crippen LogP contribution >= 0.6 is 11.3 Å². The fourth-order valence-corrected chi connectivity index (χ4v) is 3.97. The van der Waals surface area contributed by atoms with E-state index in [1.54, 1.807) is 6.33 Å². The molecule has 0 radical (unpaired) electrons. The number of aryl methyl sites for hydroxylation is 1. The lowest BCUT2D eigenvalue weighted by Gasteiger charge is -2.11. The Balaban J connectivity index is 1.47. The number of urea groups is 1. The molecule has 0 saturated carbocycles. The van der Waals surface area contributed by atoms with E-state index >= 15 is 0 Å². The number of fused-ring (bicyclic) bond motifs is 1. The highest BCUT2D eigenvalue weighted by molar-refractivity contribution is 7.16. The molecule has 2 amide bonds. The van der Waals surface area contributed by atoms with Crippen molar-refractivity contribution < 1.29 is 4.79 Å². The van der Waals surface area contributed by atoms with Crippen LogP contribution in [0.4, 0.5) is 21.4 Å². The first kappa shape index (κ1) is 17.5. The lowest BCUT2D eigenvalue weighted by atomic mass is 10.2. The summed E-state index contributed by atoms with van der Waals surface area (Å²) in [7, 11) is 0. The Morgan fingerprint density at radius 1 is 1.33 bits per heavy atom. The van der Waals surface area contributed by atoms with Crippen LogP contribution in [0.3, 0.4) is 0 Å². The number of carbonyl (C=O) groups excluding carboxylic acids is 1. The third kappa shape index (κ3) is 3.77. The van der Waals surface area contributed by atoms with Crippen LogP contribution in [0.1, 0.15) is 31.2 Å². The molecule has 0 saturated heterocycles. The SMILES string of the molecule is CC(C)n1cnnc1-c1cccc(NC(=O)Nc2nc3c(s2)CCCN3)c1. The first-order valence-electron chi connectivity index (χ1n) is 8.91. The topological polar surface area (TPSA) is 96.8 Å². The van der Waals surface area contributed by atoms with Crippen molar-refractivity contribution in [1.82, 2.24) is 19.7 Å². The lowest BCUT2D eigenvalue weighted by Crippen LogP contribution is -2.19. The Kier molecular flexibility index (Phi) is 4.76. The molecule has 27 heavy (non-hydrogen) atoms. The lowest BCUT2D eigenvalue weighted by molar-refractivity contribution is 0.262. The third-order valence-corrected chi connectivity index (χ3v) is 5.33. The average molecular weight is 383 g/mol. The summed E-state index contributed by atoms with van der Waals surface area (Å²) in [5.41, 5.74) is 1.58. The second-order valence-electron chi connectivity index (χ2n) is 6.64. The van der Waals surface area contributed by atoms with Gasteiger partial charge in [-0.25, -0.2) is 9.78 Å². The van der Waals surface area contributed by atoms with Crippen molar-refractivity contribution in [2.45, 2.75) is 32.7 Å². The molecule has 0 bridgehead atoms. The Morgan fingerprint density at radius 3 is 3.04 bits per heavy atom. The van der Waals surface area contributed by atoms with Crippen LogP contribution in [0.2, 0.25) is 0 Å². The van der Waals surface area contributed by atoms with E-state index in [0.717, 1.165) is 36.6 Å². The molecule has 0 aliphatic carbocycles. The quantitative estimate of drug-likeness (QED) is 0.633. The van der Waals surface area contributed by atoms with Gasteiger partial charge in [-0.15, -0.1) is 10.2 Å². The van der Waals surface area contributed by atoms with Crippen LogP contribution < -0.4 is 16.0 Å². The van der Waals surface area contributed by atoms with E-state index in [1.807, 2.05) is 28.8 Å². The maximum atomic E-state index is 12.4. The number of hydrogen-bond donors (Lipinski definition) is 3. The zero-order valence-electron chi connectivity index (χ0n) is 15.2. The number of amides is 2. The molecule has 9 heteroatoms. The number of carbonyl (C=O) groups is 1. The van der Waals surface area contributed by atoms with Crippen molar-refractivity contribution in [3.8, 4) is 11.4 Å². The van der Waals surface area contributed by atoms with E-state index in [1.165, 1.54) is 16.2 Å². The molecule has 8 nitrogen and oxygen atoms in total. The van der Waals surface area contributed by atoms with Gasteiger partial charge < -0.3 is 15.2 Å². The number of rotatable bonds is 4. The molecular weight excluding hydrogens is 362 g/mol. The van der Waals surface area contributed by atoms with Crippen LogP contribution in [0.5, 0.6) is 0 Å². The number of hydrogen-bond acceptors (Lipinski definition) is 6. The molecular formula is C18H21N7OS. The Morgan fingerprint density at radius 2 is 2.22 bits per heavy atom. The van der Waals surface area contributed by atoms with Gasteiger partial charge in [-0.3, -0.25) is 5.32 Å². The van der Waals surface area contributed by atoms with Crippen LogP contribution in [0.15, 0.2) is 30.6 Å². The zero-order valence-corrected chi connectivity index (χ0v) is 16.0. The number of nitrogens with one attached hydrogen (secondary N) is 3. The molecule has 1 aliphatic rings. The molecule has 2 aromatic heterocycles. The van der Waals surface area contributed by atoms with Gasteiger partial charge in [0.2, 0.25) is 0 Å². The van der Waals surface area contributed by atoms with E-state index in [4.69, 9.17) is 0 Å². The molecule has 1 aromatic carbocycles. The third-order valence-electron chi connectivity index (χ3n) is 4.30. The highest BCUT2D eigenvalue weighted by Crippen LogP contribution is 2.31. The minimum Gasteiger partial charge on any atom is -0.369 e. The minimum atomic E-state index is -0.316. The predicted molar refractivity (Wildman–Crippen MR) is 107 cm³/mol. The normalized spacial score (nSPS) is 13.1. The Bertz CT molecular complexity index is 939. The van der Waals surface area contributed by atoms with Crippen LogP contribution in [0, 0.1) is 0 Å². The molecule has 3 N–H and O–H groups in total. The standard InChI is InChI=1S/C18H21N7OS/c1-11(2)25-10-20-24-16(25)12-5-3-6-13(9-12)21-17(26)23-18-22-15-14(27-18)7-4-8-19-15/h3,5-6,9-11,19H,4,7-8H2,1-2H3,(H2,21,22,23,26).